The zero-order valence-corrected chi connectivity index (χ0v) is 20.7. The molecule has 8 heteroatoms. The number of nitrogens with zero attached hydrogens (tertiary/aromatic N) is 4. The first-order valence-electron chi connectivity index (χ1n) is 11.3. The number of rotatable bonds is 9. The number of aromatic nitrogens is 4. The second-order valence-electron chi connectivity index (χ2n) is 8.45. The average Bonchev–Trinajstić information content (AvgIpc) is 3.24. The minimum absolute atomic E-state index is 0.0977. The van der Waals surface area contributed by atoms with Crippen molar-refractivity contribution in [3.63, 3.8) is 0 Å². The largest absolute Gasteiger partial charge is 0.374 e. The molecule has 1 N–H and O–H groups in total. The molecule has 7 nitrogen and oxygen atoms in total. The number of fused-ring (bicyclic) bond motifs is 1. The smallest absolute Gasteiger partial charge is 0.253 e. The first-order valence-corrected chi connectivity index (χ1v) is 12.3. The summed E-state index contributed by atoms with van der Waals surface area (Å²) in [5.41, 5.74) is 5.65. The number of aryl methyl sites for hydroxylation is 2. The molecule has 4 rings (SSSR count). The Kier molecular flexibility index (Phi) is 7.59. The van der Waals surface area contributed by atoms with Crippen molar-refractivity contribution in [2.45, 2.75) is 57.9 Å². The molecule has 0 atom stereocenters. The van der Waals surface area contributed by atoms with E-state index in [9.17, 15) is 4.79 Å². The van der Waals surface area contributed by atoms with Crippen LogP contribution in [0.2, 0.25) is 0 Å². The van der Waals surface area contributed by atoms with E-state index in [4.69, 9.17) is 4.74 Å². The molecular weight excluding hydrogens is 446 g/mol. The summed E-state index contributed by atoms with van der Waals surface area (Å²) in [6.45, 7) is 9.02. The highest BCUT2D eigenvalue weighted by Crippen LogP contribution is 2.23. The van der Waals surface area contributed by atoms with Crippen molar-refractivity contribution in [2.24, 2.45) is 0 Å². The molecule has 2 aromatic carbocycles. The molecule has 0 aliphatic rings. The van der Waals surface area contributed by atoms with Gasteiger partial charge in [0.2, 0.25) is 5.16 Å². The van der Waals surface area contributed by atoms with Crippen LogP contribution in [0.1, 0.15) is 52.3 Å². The highest BCUT2D eigenvalue weighted by molar-refractivity contribution is 7.98. The molecule has 0 bridgehead atoms. The molecule has 0 radical (unpaired) electrons. The number of thioether (sulfide) groups is 1. The maximum Gasteiger partial charge on any atom is 0.253 e. The van der Waals surface area contributed by atoms with Gasteiger partial charge in [-0.3, -0.25) is 4.79 Å². The van der Waals surface area contributed by atoms with Crippen LogP contribution in [0.4, 0.5) is 0 Å². The molecule has 34 heavy (non-hydrogen) atoms. The van der Waals surface area contributed by atoms with Crippen LogP contribution in [0.5, 0.6) is 0 Å². The molecule has 4 aromatic rings. The van der Waals surface area contributed by atoms with Crippen molar-refractivity contribution in [1.82, 2.24) is 24.9 Å². The van der Waals surface area contributed by atoms with Gasteiger partial charge < -0.3 is 10.1 Å². The molecule has 0 unspecified atom stereocenters. The molecule has 0 saturated heterocycles. The van der Waals surface area contributed by atoms with E-state index in [2.05, 4.69) is 20.4 Å². The summed E-state index contributed by atoms with van der Waals surface area (Å²) >= 11 is 1.49. The lowest BCUT2D eigenvalue weighted by Crippen LogP contribution is -2.23. The van der Waals surface area contributed by atoms with Crippen LogP contribution in [0, 0.1) is 13.8 Å². The average molecular weight is 476 g/mol. The summed E-state index contributed by atoms with van der Waals surface area (Å²) in [7, 11) is 0. The minimum atomic E-state index is -0.0977. The lowest BCUT2D eigenvalue weighted by Gasteiger charge is -2.11. The van der Waals surface area contributed by atoms with Crippen molar-refractivity contribution in [1.29, 1.82) is 0 Å². The van der Waals surface area contributed by atoms with Crippen LogP contribution < -0.4 is 5.32 Å². The Hall–Kier alpha value is -3.23. The molecule has 0 aliphatic carbocycles. The van der Waals surface area contributed by atoms with Crippen LogP contribution >= 0.6 is 11.8 Å². The van der Waals surface area contributed by atoms with E-state index in [1.54, 1.807) is 4.52 Å². The third-order valence-corrected chi connectivity index (χ3v) is 6.16. The third kappa shape index (κ3) is 6.01. The number of nitrogens with one attached hydrogen (secondary N) is 1. The predicted molar refractivity (Wildman–Crippen MR) is 134 cm³/mol. The van der Waals surface area contributed by atoms with Gasteiger partial charge in [-0.1, -0.05) is 54.2 Å². The van der Waals surface area contributed by atoms with Crippen molar-refractivity contribution >= 4 is 23.4 Å². The topological polar surface area (TPSA) is 81.4 Å². The summed E-state index contributed by atoms with van der Waals surface area (Å²) in [4.78, 5) is 21.9. The van der Waals surface area contributed by atoms with Crippen molar-refractivity contribution in [2.75, 3.05) is 0 Å². The Labute approximate surface area is 204 Å². The van der Waals surface area contributed by atoms with Crippen LogP contribution in [0.3, 0.4) is 0 Å². The molecule has 0 fully saturated rings. The quantitative estimate of drug-likeness (QED) is 0.347. The summed E-state index contributed by atoms with van der Waals surface area (Å²) in [5, 5.41) is 8.22. The van der Waals surface area contributed by atoms with E-state index < -0.39 is 0 Å². The van der Waals surface area contributed by atoms with Crippen molar-refractivity contribution in [3.05, 3.63) is 88.2 Å². The van der Waals surface area contributed by atoms with E-state index in [-0.39, 0.29) is 12.0 Å². The summed E-state index contributed by atoms with van der Waals surface area (Å²) in [6.07, 6.45) is 0.200. The molecule has 1 amide bonds. The SMILES string of the molecule is Cc1cc(C)n2nc(SCc3ccccc3C(=O)NCc3ccc(COC(C)C)cc3)nc2n1. The molecule has 0 aliphatic heterocycles. The van der Waals surface area contributed by atoms with Gasteiger partial charge in [-0.2, -0.15) is 4.98 Å². The van der Waals surface area contributed by atoms with E-state index in [1.807, 2.05) is 82.3 Å². The van der Waals surface area contributed by atoms with E-state index >= 15 is 0 Å². The fourth-order valence-electron chi connectivity index (χ4n) is 3.51. The number of hydrogen-bond donors (Lipinski definition) is 1. The van der Waals surface area contributed by atoms with Crippen LogP contribution in [0.25, 0.3) is 5.78 Å². The number of hydrogen-bond acceptors (Lipinski definition) is 6. The van der Waals surface area contributed by atoms with Crippen molar-refractivity contribution in [3.8, 4) is 0 Å². The van der Waals surface area contributed by atoms with Gasteiger partial charge in [0.1, 0.15) is 0 Å². The lowest BCUT2D eigenvalue weighted by molar-refractivity contribution is 0.0657. The van der Waals surface area contributed by atoms with E-state index in [0.29, 0.717) is 35.4 Å². The summed E-state index contributed by atoms with van der Waals surface area (Å²) in [5.74, 6) is 1.08. The highest BCUT2D eigenvalue weighted by atomic mass is 32.2. The normalized spacial score (nSPS) is 11.3. The fourth-order valence-corrected chi connectivity index (χ4v) is 4.33. The van der Waals surface area contributed by atoms with Gasteiger partial charge in [0, 0.05) is 29.2 Å². The summed E-state index contributed by atoms with van der Waals surface area (Å²) < 4.78 is 7.38. The Balaban J connectivity index is 1.38. The van der Waals surface area contributed by atoms with Gasteiger partial charge >= 0.3 is 0 Å². The summed E-state index contributed by atoms with van der Waals surface area (Å²) in [6, 6.07) is 17.7. The number of carbonyl (C=O) groups is 1. The first kappa shape index (κ1) is 23.9. The predicted octanol–water partition coefficient (Wildman–Crippen LogP) is 4.89. The first-order chi connectivity index (χ1) is 16.4. The Morgan fingerprint density at radius 3 is 2.56 bits per heavy atom. The lowest BCUT2D eigenvalue weighted by atomic mass is 10.1. The van der Waals surface area contributed by atoms with Gasteiger partial charge in [-0.05, 0) is 56.5 Å². The maximum atomic E-state index is 12.9. The Morgan fingerprint density at radius 1 is 1.06 bits per heavy atom. The second kappa shape index (κ2) is 10.8. The van der Waals surface area contributed by atoms with E-state index in [1.165, 1.54) is 11.8 Å². The number of benzene rings is 2. The molecule has 0 spiro atoms. The number of ether oxygens (including phenoxy) is 1. The molecule has 0 saturated carbocycles. The molecule has 176 valence electrons. The Bertz CT molecular complexity index is 1280. The molecular formula is C26H29N5O2S. The standard InChI is InChI=1S/C26H29N5O2S/c1-17(2)33-15-21-11-9-20(10-12-21)14-27-24(32)23-8-6-5-7-22(23)16-34-26-29-25-28-18(3)13-19(4)31(25)30-26/h5-13,17H,14-16H2,1-4H3,(H,27,32). The fraction of sp³-hybridized carbons (Fsp3) is 0.308. The minimum Gasteiger partial charge on any atom is -0.374 e. The van der Waals surface area contributed by atoms with Gasteiger partial charge in [-0.15, -0.1) is 5.10 Å². The van der Waals surface area contributed by atoms with Crippen LogP contribution in [0.15, 0.2) is 59.8 Å². The zero-order valence-electron chi connectivity index (χ0n) is 19.9. The number of carbonyl (C=O) groups excluding carboxylic acids is 1. The molecule has 2 heterocycles. The third-order valence-electron chi connectivity index (χ3n) is 5.28. The van der Waals surface area contributed by atoms with Gasteiger partial charge in [0.25, 0.3) is 11.7 Å². The molecule has 2 aromatic heterocycles. The number of amides is 1. The second-order valence-corrected chi connectivity index (χ2v) is 9.39. The van der Waals surface area contributed by atoms with Crippen LogP contribution in [-0.4, -0.2) is 31.6 Å². The van der Waals surface area contributed by atoms with Gasteiger partial charge in [0.15, 0.2) is 0 Å². The van der Waals surface area contributed by atoms with Crippen LogP contribution in [-0.2, 0) is 23.6 Å². The van der Waals surface area contributed by atoms with Gasteiger partial charge in [0.05, 0.1) is 12.7 Å². The van der Waals surface area contributed by atoms with Gasteiger partial charge in [-0.25, -0.2) is 9.50 Å². The highest BCUT2D eigenvalue weighted by Gasteiger charge is 2.13. The van der Waals surface area contributed by atoms with Crippen molar-refractivity contribution < 1.29 is 9.53 Å². The Morgan fingerprint density at radius 2 is 1.79 bits per heavy atom. The van der Waals surface area contributed by atoms with E-state index in [0.717, 1.165) is 28.1 Å². The monoisotopic (exact) mass is 475 g/mol. The maximum absolute atomic E-state index is 12.9. The zero-order chi connectivity index (χ0) is 24.1.